The number of hydrogen-bond donors (Lipinski definition) is 2. The molecular weight excluding hydrogens is 312 g/mol. The Balaban J connectivity index is 0.00000139. The van der Waals surface area contributed by atoms with Gasteiger partial charge in [-0.25, -0.2) is 4.79 Å². The zero-order valence-corrected chi connectivity index (χ0v) is 13.8. The van der Waals surface area contributed by atoms with Crippen molar-refractivity contribution < 1.29 is 29.3 Å². The predicted octanol–water partition coefficient (Wildman–Crippen LogP) is 3.17. The van der Waals surface area contributed by atoms with Crippen LogP contribution in [0.5, 0.6) is 17.2 Å². The minimum atomic E-state index is -0.507. The fraction of sp³-hybridized carbons (Fsp3) is 0.222. The average Bonchev–Trinajstić information content (AvgIpc) is 2.61. The van der Waals surface area contributed by atoms with Crippen LogP contribution in [0.4, 0.5) is 0 Å². The summed E-state index contributed by atoms with van der Waals surface area (Å²) in [6.45, 7) is 3.68. The van der Waals surface area contributed by atoms with Crippen LogP contribution in [-0.2, 0) is 4.74 Å². The number of phenolic OH excluding ortho intramolecular Hbond substituents is 2. The molecule has 128 valence electrons. The number of ether oxygens (including phenoxy) is 2. The highest BCUT2D eigenvalue weighted by Crippen LogP contribution is 2.23. The van der Waals surface area contributed by atoms with Crippen LogP contribution in [0, 0.1) is 0 Å². The molecule has 0 aliphatic carbocycles. The second-order valence-corrected chi connectivity index (χ2v) is 4.43. The minimum absolute atomic E-state index is 0.0434. The van der Waals surface area contributed by atoms with Gasteiger partial charge in [0.25, 0.3) is 0 Å². The summed E-state index contributed by atoms with van der Waals surface area (Å²) in [5.74, 6) is -1.10. The first-order valence-corrected chi connectivity index (χ1v) is 7.37. The Hall–Kier alpha value is -3.02. The summed E-state index contributed by atoms with van der Waals surface area (Å²) in [5, 5.41) is 18.8. The molecule has 0 amide bonds. The normalized spacial score (nSPS) is 9.46. The SMILES string of the molecule is CC.COC(=O)c1cccc(OCC(=O)c2ccc(O)cc2O)c1. The third-order valence-electron chi connectivity index (χ3n) is 2.91. The number of hydrogen-bond acceptors (Lipinski definition) is 6. The van der Waals surface area contributed by atoms with Gasteiger partial charge in [0.05, 0.1) is 18.2 Å². The van der Waals surface area contributed by atoms with Gasteiger partial charge in [-0.15, -0.1) is 0 Å². The topological polar surface area (TPSA) is 93.1 Å². The predicted molar refractivity (Wildman–Crippen MR) is 88.7 cm³/mol. The number of phenols is 2. The van der Waals surface area contributed by atoms with E-state index in [1.54, 1.807) is 18.2 Å². The van der Waals surface area contributed by atoms with Gasteiger partial charge >= 0.3 is 5.97 Å². The summed E-state index contributed by atoms with van der Waals surface area (Å²) >= 11 is 0. The number of rotatable bonds is 5. The van der Waals surface area contributed by atoms with Gasteiger partial charge in [-0.1, -0.05) is 19.9 Å². The van der Waals surface area contributed by atoms with Crippen molar-refractivity contribution in [2.45, 2.75) is 13.8 Å². The Bertz CT molecular complexity index is 708. The van der Waals surface area contributed by atoms with Gasteiger partial charge in [0, 0.05) is 6.07 Å². The molecule has 0 fully saturated rings. The fourth-order valence-electron chi connectivity index (χ4n) is 1.81. The lowest BCUT2D eigenvalue weighted by atomic mass is 10.1. The first kappa shape index (κ1) is 19.0. The van der Waals surface area contributed by atoms with Crippen molar-refractivity contribution in [3.05, 3.63) is 53.6 Å². The number of carbonyl (C=O) groups excluding carboxylic acids is 2. The highest BCUT2D eigenvalue weighted by molar-refractivity contribution is 5.99. The number of carbonyl (C=O) groups is 2. The van der Waals surface area contributed by atoms with E-state index in [4.69, 9.17) is 4.74 Å². The maximum atomic E-state index is 12.0. The molecule has 2 N–H and O–H groups in total. The van der Waals surface area contributed by atoms with Crippen molar-refractivity contribution in [3.63, 3.8) is 0 Å². The third-order valence-corrected chi connectivity index (χ3v) is 2.91. The molecule has 2 aromatic carbocycles. The highest BCUT2D eigenvalue weighted by Gasteiger charge is 2.13. The van der Waals surface area contributed by atoms with Crippen molar-refractivity contribution in [2.24, 2.45) is 0 Å². The largest absolute Gasteiger partial charge is 0.508 e. The van der Waals surface area contributed by atoms with Crippen molar-refractivity contribution in [1.29, 1.82) is 0 Å². The molecule has 0 saturated heterocycles. The lowest BCUT2D eigenvalue weighted by molar-refractivity contribution is 0.0600. The van der Waals surface area contributed by atoms with E-state index in [0.717, 1.165) is 6.07 Å². The molecule has 2 aromatic rings. The second kappa shape index (κ2) is 9.19. The van der Waals surface area contributed by atoms with Gasteiger partial charge in [-0.05, 0) is 30.3 Å². The molecule has 0 aliphatic rings. The Kier molecular flexibility index (Phi) is 7.29. The molecule has 0 aromatic heterocycles. The minimum Gasteiger partial charge on any atom is -0.508 e. The van der Waals surface area contributed by atoms with E-state index in [-0.39, 0.29) is 23.7 Å². The number of esters is 1. The molecule has 6 nitrogen and oxygen atoms in total. The van der Waals surface area contributed by atoms with Crippen LogP contribution in [0.1, 0.15) is 34.6 Å². The van der Waals surface area contributed by atoms with Gasteiger partial charge in [0.2, 0.25) is 5.78 Å². The molecule has 6 heteroatoms. The molecule has 0 radical (unpaired) electrons. The molecule has 0 aliphatic heterocycles. The van der Waals surface area contributed by atoms with Crippen LogP contribution in [0.25, 0.3) is 0 Å². The third kappa shape index (κ3) is 5.01. The number of benzene rings is 2. The number of methoxy groups -OCH3 is 1. The maximum Gasteiger partial charge on any atom is 0.337 e. The standard InChI is InChI=1S/C16H14O6.C2H6/c1-21-16(20)10-3-2-4-12(7-10)22-9-15(19)13-6-5-11(17)8-14(13)18;1-2/h2-8,17-18H,9H2,1H3;1-2H3. The quantitative estimate of drug-likeness (QED) is 0.645. The van der Waals surface area contributed by atoms with Crippen LogP contribution in [-0.4, -0.2) is 35.7 Å². The first-order valence-electron chi connectivity index (χ1n) is 7.37. The summed E-state index contributed by atoms with van der Waals surface area (Å²) < 4.78 is 9.91. The maximum absolute atomic E-state index is 12.0. The van der Waals surface area contributed by atoms with Crippen molar-refractivity contribution in [2.75, 3.05) is 13.7 Å². The Labute approximate surface area is 140 Å². The van der Waals surface area contributed by atoms with Crippen molar-refractivity contribution in [1.82, 2.24) is 0 Å². The van der Waals surface area contributed by atoms with Crippen LogP contribution in [0.3, 0.4) is 0 Å². The van der Waals surface area contributed by atoms with E-state index in [9.17, 15) is 19.8 Å². The number of Topliss-reactive ketones (excluding diaryl/α,β-unsaturated/α-hetero) is 1. The Morgan fingerprint density at radius 1 is 1.04 bits per heavy atom. The highest BCUT2D eigenvalue weighted by atomic mass is 16.5. The summed E-state index contributed by atoms with van der Waals surface area (Å²) in [7, 11) is 1.27. The molecule has 0 unspecified atom stereocenters. The molecule has 24 heavy (non-hydrogen) atoms. The van der Waals surface area contributed by atoms with Crippen LogP contribution in [0.15, 0.2) is 42.5 Å². The monoisotopic (exact) mass is 332 g/mol. The zero-order chi connectivity index (χ0) is 18.1. The fourth-order valence-corrected chi connectivity index (χ4v) is 1.81. The van der Waals surface area contributed by atoms with Crippen LogP contribution < -0.4 is 4.74 Å². The van der Waals surface area contributed by atoms with Crippen molar-refractivity contribution >= 4 is 11.8 Å². The van der Waals surface area contributed by atoms with Gasteiger partial charge in [0.1, 0.15) is 17.2 Å². The van der Waals surface area contributed by atoms with Gasteiger partial charge in [-0.2, -0.15) is 0 Å². The second-order valence-electron chi connectivity index (χ2n) is 4.43. The van der Waals surface area contributed by atoms with E-state index in [1.165, 1.54) is 25.3 Å². The van der Waals surface area contributed by atoms with E-state index in [1.807, 2.05) is 13.8 Å². The molecule has 0 spiro atoms. The number of aromatic hydroxyl groups is 2. The lowest BCUT2D eigenvalue weighted by Crippen LogP contribution is -2.12. The molecule has 0 atom stereocenters. The van der Waals surface area contributed by atoms with Gasteiger partial charge in [-0.3, -0.25) is 4.79 Å². The van der Waals surface area contributed by atoms with E-state index in [0.29, 0.717) is 11.3 Å². The molecule has 0 bridgehead atoms. The number of ketones is 1. The molecule has 2 rings (SSSR count). The Morgan fingerprint density at radius 3 is 2.38 bits per heavy atom. The summed E-state index contributed by atoms with van der Waals surface area (Å²) in [6.07, 6.45) is 0. The smallest absolute Gasteiger partial charge is 0.337 e. The molecule has 0 saturated carbocycles. The average molecular weight is 332 g/mol. The summed E-state index contributed by atoms with van der Waals surface area (Å²) in [6, 6.07) is 9.89. The van der Waals surface area contributed by atoms with E-state index >= 15 is 0 Å². The Morgan fingerprint density at radius 2 is 1.75 bits per heavy atom. The van der Waals surface area contributed by atoms with Crippen LogP contribution in [0.2, 0.25) is 0 Å². The van der Waals surface area contributed by atoms with E-state index in [2.05, 4.69) is 4.74 Å². The zero-order valence-electron chi connectivity index (χ0n) is 13.8. The van der Waals surface area contributed by atoms with Crippen LogP contribution >= 0.6 is 0 Å². The summed E-state index contributed by atoms with van der Waals surface area (Å²) in [4.78, 5) is 23.4. The summed E-state index contributed by atoms with van der Waals surface area (Å²) in [5.41, 5.74) is 0.349. The van der Waals surface area contributed by atoms with Gasteiger partial charge < -0.3 is 19.7 Å². The van der Waals surface area contributed by atoms with Crippen molar-refractivity contribution in [3.8, 4) is 17.2 Å². The van der Waals surface area contributed by atoms with E-state index < -0.39 is 11.8 Å². The molecular formula is C18H20O6. The van der Waals surface area contributed by atoms with Gasteiger partial charge in [0.15, 0.2) is 6.61 Å². The molecule has 0 heterocycles. The first-order chi connectivity index (χ1) is 11.5. The lowest BCUT2D eigenvalue weighted by Gasteiger charge is -2.08.